The third-order valence-electron chi connectivity index (χ3n) is 3.66. The quantitative estimate of drug-likeness (QED) is 0.859. The summed E-state index contributed by atoms with van der Waals surface area (Å²) in [6.45, 7) is 3.29. The molecule has 0 aliphatic carbocycles. The van der Waals surface area contributed by atoms with E-state index in [-0.39, 0.29) is 36.1 Å². The summed E-state index contributed by atoms with van der Waals surface area (Å²) in [6.07, 6.45) is 5.29. The van der Waals surface area contributed by atoms with E-state index in [1.807, 2.05) is 0 Å². The highest BCUT2D eigenvalue weighted by molar-refractivity contribution is 5.93. The van der Waals surface area contributed by atoms with Crippen LogP contribution in [0.4, 0.5) is 0 Å². The molecule has 0 saturated carbocycles. The Hall–Kier alpha value is -0.880. The van der Waals surface area contributed by atoms with Gasteiger partial charge in [0.05, 0.1) is 12.2 Å². The fraction of sp³-hybridized carbons (Fsp3) is 0.571. The Morgan fingerprint density at radius 2 is 2.14 bits per heavy atom. The van der Waals surface area contributed by atoms with Crippen molar-refractivity contribution in [3.05, 3.63) is 30.1 Å². The molecule has 120 valence electrons. The molecule has 0 spiro atoms. The predicted octanol–water partition coefficient (Wildman–Crippen LogP) is 1.67. The average molecular weight is 336 g/mol. The summed E-state index contributed by atoms with van der Waals surface area (Å²) in [5.41, 5.74) is 0.654. The lowest BCUT2D eigenvalue weighted by Crippen LogP contribution is -2.47. The van der Waals surface area contributed by atoms with Gasteiger partial charge in [-0.05, 0) is 38.1 Å². The molecular weight excluding hydrogens is 313 g/mol. The van der Waals surface area contributed by atoms with Gasteiger partial charge in [0, 0.05) is 31.5 Å². The Morgan fingerprint density at radius 1 is 1.43 bits per heavy atom. The van der Waals surface area contributed by atoms with E-state index in [9.17, 15) is 4.79 Å². The minimum atomic E-state index is -0.0675. The summed E-state index contributed by atoms with van der Waals surface area (Å²) in [5.74, 6) is -0.0675. The van der Waals surface area contributed by atoms with E-state index < -0.39 is 0 Å². The van der Waals surface area contributed by atoms with Crippen molar-refractivity contribution >= 4 is 30.7 Å². The van der Waals surface area contributed by atoms with E-state index in [0.29, 0.717) is 18.7 Å². The first-order valence-corrected chi connectivity index (χ1v) is 6.64. The number of piperidine rings is 1. The summed E-state index contributed by atoms with van der Waals surface area (Å²) < 4.78 is 5.33. The maximum absolute atomic E-state index is 12.0. The lowest BCUT2D eigenvalue weighted by molar-refractivity contribution is 0.0511. The number of halogens is 2. The van der Waals surface area contributed by atoms with Crippen molar-refractivity contribution in [2.75, 3.05) is 33.4 Å². The zero-order valence-electron chi connectivity index (χ0n) is 12.1. The van der Waals surface area contributed by atoms with Gasteiger partial charge in [0.25, 0.3) is 5.91 Å². The van der Waals surface area contributed by atoms with E-state index in [0.717, 1.165) is 25.9 Å². The first-order chi connectivity index (χ1) is 9.26. The largest absolute Gasteiger partial charge is 0.384 e. The van der Waals surface area contributed by atoms with Crippen LogP contribution in [0.15, 0.2) is 24.5 Å². The van der Waals surface area contributed by atoms with E-state index in [1.54, 1.807) is 31.6 Å². The molecule has 21 heavy (non-hydrogen) atoms. The second kappa shape index (κ2) is 9.95. The van der Waals surface area contributed by atoms with Crippen molar-refractivity contribution in [1.82, 2.24) is 15.6 Å². The fourth-order valence-electron chi connectivity index (χ4n) is 2.50. The van der Waals surface area contributed by atoms with Gasteiger partial charge in [-0.25, -0.2) is 0 Å². The van der Waals surface area contributed by atoms with Crippen molar-refractivity contribution in [1.29, 1.82) is 0 Å². The smallest absolute Gasteiger partial charge is 0.252 e. The Bertz CT molecular complexity index is 406. The van der Waals surface area contributed by atoms with Gasteiger partial charge in [-0.3, -0.25) is 9.78 Å². The summed E-state index contributed by atoms with van der Waals surface area (Å²) >= 11 is 0. The second-order valence-corrected chi connectivity index (χ2v) is 5.11. The molecule has 1 saturated heterocycles. The van der Waals surface area contributed by atoms with Crippen LogP contribution in [0.3, 0.4) is 0 Å². The Kier molecular flexibility index (Phi) is 9.53. The third kappa shape index (κ3) is 5.79. The average Bonchev–Trinajstić information content (AvgIpc) is 2.47. The van der Waals surface area contributed by atoms with Crippen LogP contribution in [0.2, 0.25) is 0 Å². The number of nitrogens with zero attached hydrogens (tertiary/aromatic N) is 1. The SMILES string of the molecule is COCC1(CNC(=O)c2cccnc2)CCNCC1.Cl.Cl. The highest BCUT2D eigenvalue weighted by atomic mass is 35.5. The van der Waals surface area contributed by atoms with Crippen LogP contribution in [0.25, 0.3) is 0 Å². The predicted molar refractivity (Wildman–Crippen MR) is 87.5 cm³/mol. The fourth-order valence-corrected chi connectivity index (χ4v) is 2.50. The summed E-state index contributed by atoms with van der Waals surface area (Å²) in [5, 5.41) is 6.35. The molecule has 1 aliphatic heterocycles. The lowest BCUT2D eigenvalue weighted by atomic mass is 9.79. The molecule has 0 bridgehead atoms. The minimum absolute atomic E-state index is 0. The zero-order chi connectivity index (χ0) is 13.6. The first-order valence-electron chi connectivity index (χ1n) is 6.64. The normalized spacial score (nSPS) is 16.2. The van der Waals surface area contributed by atoms with E-state index in [1.165, 1.54) is 0 Å². The molecule has 0 aromatic carbocycles. The topological polar surface area (TPSA) is 63.2 Å². The maximum atomic E-state index is 12.0. The maximum Gasteiger partial charge on any atom is 0.252 e. The number of hydrogen-bond acceptors (Lipinski definition) is 4. The molecule has 1 fully saturated rings. The molecule has 2 rings (SSSR count). The molecule has 5 nitrogen and oxygen atoms in total. The van der Waals surface area contributed by atoms with Gasteiger partial charge in [-0.2, -0.15) is 0 Å². The van der Waals surface area contributed by atoms with Gasteiger partial charge in [0.2, 0.25) is 0 Å². The minimum Gasteiger partial charge on any atom is -0.384 e. The zero-order valence-corrected chi connectivity index (χ0v) is 13.8. The molecule has 7 heteroatoms. The van der Waals surface area contributed by atoms with E-state index in [2.05, 4.69) is 15.6 Å². The van der Waals surface area contributed by atoms with Crippen LogP contribution in [0.1, 0.15) is 23.2 Å². The molecule has 1 amide bonds. The van der Waals surface area contributed by atoms with Crippen molar-refractivity contribution < 1.29 is 9.53 Å². The molecule has 1 aromatic rings. The van der Waals surface area contributed by atoms with Crippen molar-refractivity contribution in [3.8, 4) is 0 Å². The highest BCUT2D eigenvalue weighted by Crippen LogP contribution is 2.28. The first kappa shape index (κ1) is 20.1. The van der Waals surface area contributed by atoms with Crippen LogP contribution in [-0.2, 0) is 4.74 Å². The Morgan fingerprint density at radius 3 is 2.71 bits per heavy atom. The van der Waals surface area contributed by atoms with Gasteiger partial charge in [-0.1, -0.05) is 0 Å². The molecule has 1 aromatic heterocycles. The Labute approximate surface area is 138 Å². The van der Waals surface area contributed by atoms with Crippen LogP contribution in [-0.4, -0.2) is 44.2 Å². The van der Waals surface area contributed by atoms with E-state index in [4.69, 9.17) is 4.74 Å². The number of ether oxygens (including phenoxy) is 1. The van der Waals surface area contributed by atoms with Gasteiger partial charge in [0.15, 0.2) is 0 Å². The van der Waals surface area contributed by atoms with Gasteiger partial charge < -0.3 is 15.4 Å². The number of carbonyl (C=O) groups is 1. The van der Waals surface area contributed by atoms with Crippen LogP contribution in [0, 0.1) is 5.41 Å². The number of carbonyl (C=O) groups excluding carboxylic acids is 1. The van der Waals surface area contributed by atoms with E-state index >= 15 is 0 Å². The molecule has 2 N–H and O–H groups in total. The third-order valence-corrected chi connectivity index (χ3v) is 3.66. The number of hydrogen-bond donors (Lipinski definition) is 2. The summed E-state index contributed by atoms with van der Waals surface area (Å²) in [6, 6.07) is 3.54. The summed E-state index contributed by atoms with van der Waals surface area (Å²) in [7, 11) is 1.72. The summed E-state index contributed by atoms with van der Waals surface area (Å²) in [4.78, 5) is 16.0. The monoisotopic (exact) mass is 335 g/mol. The lowest BCUT2D eigenvalue weighted by Gasteiger charge is -2.37. The molecular formula is C14H23Cl2N3O2. The second-order valence-electron chi connectivity index (χ2n) is 5.11. The van der Waals surface area contributed by atoms with Gasteiger partial charge in [0.1, 0.15) is 0 Å². The molecule has 0 atom stereocenters. The number of rotatable bonds is 5. The number of pyridine rings is 1. The van der Waals surface area contributed by atoms with Crippen molar-refractivity contribution in [3.63, 3.8) is 0 Å². The molecule has 1 aliphatic rings. The molecule has 2 heterocycles. The van der Waals surface area contributed by atoms with Crippen molar-refractivity contribution in [2.24, 2.45) is 5.41 Å². The van der Waals surface area contributed by atoms with Crippen LogP contribution in [0.5, 0.6) is 0 Å². The van der Waals surface area contributed by atoms with Gasteiger partial charge >= 0.3 is 0 Å². The molecule has 0 unspecified atom stereocenters. The molecule has 0 radical (unpaired) electrons. The standard InChI is InChI=1S/C14H21N3O2.2ClH/c1-19-11-14(4-7-15-8-5-14)10-17-13(18)12-3-2-6-16-9-12;;/h2-3,6,9,15H,4-5,7-8,10-11H2,1H3,(H,17,18);2*1H. The number of aromatic nitrogens is 1. The number of amides is 1. The van der Waals surface area contributed by atoms with Crippen LogP contribution >= 0.6 is 24.8 Å². The Balaban J connectivity index is 0.00000200. The van der Waals surface area contributed by atoms with Crippen LogP contribution < -0.4 is 10.6 Å². The number of nitrogens with one attached hydrogen (secondary N) is 2. The van der Waals surface area contributed by atoms with Gasteiger partial charge in [-0.15, -0.1) is 24.8 Å². The number of methoxy groups -OCH3 is 1. The highest BCUT2D eigenvalue weighted by Gasteiger charge is 2.32. The van der Waals surface area contributed by atoms with Crippen molar-refractivity contribution in [2.45, 2.75) is 12.8 Å².